The quantitative estimate of drug-likeness (QED) is 0.898. The molecule has 0 aromatic carbocycles. The number of hydrogen-bond acceptors (Lipinski definition) is 3. The second kappa shape index (κ2) is 7.36. The third-order valence-electron chi connectivity index (χ3n) is 3.45. The van der Waals surface area contributed by atoms with Gasteiger partial charge in [0.2, 0.25) is 0 Å². The summed E-state index contributed by atoms with van der Waals surface area (Å²) in [6.07, 6.45) is 4.36. The number of rotatable bonds is 5. The van der Waals surface area contributed by atoms with Crippen LogP contribution in [-0.2, 0) is 4.74 Å². The Morgan fingerprint density at radius 2 is 2.32 bits per heavy atom. The molecule has 2 unspecified atom stereocenters. The van der Waals surface area contributed by atoms with E-state index in [1.807, 2.05) is 12.3 Å². The van der Waals surface area contributed by atoms with E-state index in [0.717, 1.165) is 36.3 Å². The molecule has 1 aromatic heterocycles. The van der Waals surface area contributed by atoms with Crippen LogP contribution >= 0.6 is 15.9 Å². The summed E-state index contributed by atoms with van der Waals surface area (Å²) in [5.41, 5.74) is 1.05. The highest BCUT2D eigenvalue weighted by Crippen LogP contribution is 2.32. The van der Waals surface area contributed by atoms with Crippen LogP contribution in [0.4, 0.5) is 0 Å². The van der Waals surface area contributed by atoms with Gasteiger partial charge in [0.1, 0.15) is 6.10 Å². The number of ether oxygens (including phenoxy) is 1. The molecule has 4 heteroatoms. The SMILES string of the molecule is CC(C)CNCC1CCCOC1c1ccc(Br)cn1. The van der Waals surface area contributed by atoms with Crippen molar-refractivity contribution in [2.45, 2.75) is 32.8 Å². The highest BCUT2D eigenvalue weighted by molar-refractivity contribution is 9.10. The van der Waals surface area contributed by atoms with Crippen molar-refractivity contribution in [1.29, 1.82) is 0 Å². The van der Waals surface area contributed by atoms with Crippen molar-refractivity contribution in [2.24, 2.45) is 11.8 Å². The van der Waals surface area contributed by atoms with Crippen molar-refractivity contribution in [3.05, 3.63) is 28.5 Å². The minimum absolute atomic E-state index is 0.140. The Morgan fingerprint density at radius 1 is 1.47 bits per heavy atom. The summed E-state index contributed by atoms with van der Waals surface area (Å²) < 4.78 is 6.97. The van der Waals surface area contributed by atoms with Gasteiger partial charge in [-0.1, -0.05) is 13.8 Å². The number of pyridine rings is 1. The summed E-state index contributed by atoms with van der Waals surface area (Å²) in [6, 6.07) is 4.11. The smallest absolute Gasteiger partial charge is 0.103 e. The van der Waals surface area contributed by atoms with Crippen LogP contribution in [0.25, 0.3) is 0 Å². The number of hydrogen-bond donors (Lipinski definition) is 1. The van der Waals surface area contributed by atoms with Crippen molar-refractivity contribution >= 4 is 15.9 Å². The molecule has 1 saturated heterocycles. The molecule has 2 atom stereocenters. The molecule has 1 fully saturated rings. The molecule has 2 rings (SSSR count). The molecule has 0 bridgehead atoms. The lowest BCUT2D eigenvalue weighted by Crippen LogP contribution is -2.33. The van der Waals surface area contributed by atoms with Crippen LogP contribution in [0.2, 0.25) is 0 Å². The zero-order valence-electron chi connectivity index (χ0n) is 11.7. The van der Waals surface area contributed by atoms with E-state index in [4.69, 9.17) is 4.74 Å². The molecule has 19 heavy (non-hydrogen) atoms. The first kappa shape index (κ1) is 14.9. The second-order valence-corrected chi connectivity index (χ2v) is 6.56. The largest absolute Gasteiger partial charge is 0.372 e. The molecule has 1 aromatic rings. The van der Waals surface area contributed by atoms with Gasteiger partial charge in [0.05, 0.1) is 5.69 Å². The number of nitrogens with zero attached hydrogens (tertiary/aromatic N) is 1. The van der Waals surface area contributed by atoms with Crippen molar-refractivity contribution in [3.8, 4) is 0 Å². The molecule has 1 aliphatic heterocycles. The third-order valence-corrected chi connectivity index (χ3v) is 3.91. The van der Waals surface area contributed by atoms with Crippen molar-refractivity contribution in [2.75, 3.05) is 19.7 Å². The number of nitrogens with one attached hydrogen (secondary N) is 1. The molecule has 0 saturated carbocycles. The van der Waals surface area contributed by atoms with Crippen LogP contribution in [0, 0.1) is 11.8 Å². The molecule has 0 aliphatic carbocycles. The normalized spacial score (nSPS) is 23.8. The van der Waals surface area contributed by atoms with E-state index in [9.17, 15) is 0 Å². The van der Waals surface area contributed by atoms with Gasteiger partial charge < -0.3 is 10.1 Å². The van der Waals surface area contributed by atoms with Gasteiger partial charge in [-0.2, -0.15) is 0 Å². The van der Waals surface area contributed by atoms with Crippen LogP contribution < -0.4 is 5.32 Å². The maximum Gasteiger partial charge on any atom is 0.103 e. The van der Waals surface area contributed by atoms with Gasteiger partial charge in [0.15, 0.2) is 0 Å². The lowest BCUT2D eigenvalue weighted by Gasteiger charge is -2.31. The predicted octanol–water partition coefficient (Wildman–Crippen LogP) is 3.56. The fourth-order valence-electron chi connectivity index (χ4n) is 2.49. The first-order valence-electron chi connectivity index (χ1n) is 7.10. The zero-order chi connectivity index (χ0) is 13.7. The van der Waals surface area contributed by atoms with Crippen LogP contribution in [0.1, 0.15) is 38.5 Å². The van der Waals surface area contributed by atoms with Gasteiger partial charge in [0.25, 0.3) is 0 Å². The van der Waals surface area contributed by atoms with Gasteiger partial charge in [-0.15, -0.1) is 0 Å². The Hall–Kier alpha value is -0.450. The predicted molar refractivity (Wildman–Crippen MR) is 81.1 cm³/mol. The van der Waals surface area contributed by atoms with Crippen molar-refractivity contribution < 1.29 is 4.74 Å². The van der Waals surface area contributed by atoms with Crippen molar-refractivity contribution in [3.63, 3.8) is 0 Å². The Bertz CT molecular complexity index is 380. The molecule has 2 heterocycles. The molecule has 106 valence electrons. The van der Waals surface area contributed by atoms with E-state index < -0.39 is 0 Å². The highest BCUT2D eigenvalue weighted by Gasteiger charge is 2.28. The van der Waals surface area contributed by atoms with Gasteiger partial charge in [0, 0.05) is 29.7 Å². The molecule has 1 N–H and O–H groups in total. The maximum absolute atomic E-state index is 5.96. The highest BCUT2D eigenvalue weighted by atomic mass is 79.9. The Balaban J connectivity index is 1.97. The standard InChI is InChI=1S/C15H23BrN2O/c1-11(2)8-17-9-12-4-3-7-19-15(12)14-6-5-13(16)10-18-14/h5-6,10-12,15,17H,3-4,7-9H2,1-2H3. The molecule has 0 amide bonds. The first-order chi connectivity index (χ1) is 9.16. The molecule has 3 nitrogen and oxygen atoms in total. The Labute approximate surface area is 124 Å². The molecular weight excluding hydrogens is 304 g/mol. The van der Waals surface area contributed by atoms with Gasteiger partial charge in [-0.05, 0) is 53.4 Å². The average molecular weight is 327 g/mol. The number of halogens is 1. The molecule has 0 radical (unpaired) electrons. The third kappa shape index (κ3) is 4.55. The van der Waals surface area contributed by atoms with E-state index in [1.165, 1.54) is 6.42 Å². The molecular formula is C15H23BrN2O. The van der Waals surface area contributed by atoms with Crippen LogP contribution in [0.15, 0.2) is 22.8 Å². The maximum atomic E-state index is 5.96. The minimum atomic E-state index is 0.140. The van der Waals surface area contributed by atoms with Crippen LogP contribution in [-0.4, -0.2) is 24.7 Å². The summed E-state index contributed by atoms with van der Waals surface area (Å²) in [7, 11) is 0. The lowest BCUT2D eigenvalue weighted by molar-refractivity contribution is -0.0303. The lowest BCUT2D eigenvalue weighted by atomic mass is 9.91. The van der Waals surface area contributed by atoms with E-state index in [0.29, 0.717) is 11.8 Å². The summed E-state index contributed by atoms with van der Waals surface area (Å²) in [6.45, 7) is 7.40. The molecule has 1 aliphatic rings. The Kier molecular flexibility index (Phi) is 5.79. The summed E-state index contributed by atoms with van der Waals surface area (Å²) in [5, 5.41) is 3.55. The summed E-state index contributed by atoms with van der Waals surface area (Å²) in [4.78, 5) is 4.50. The minimum Gasteiger partial charge on any atom is -0.372 e. The fraction of sp³-hybridized carbons (Fsp3) is 0.667. The Morgan fingerprint density at radius 3 is 3.00 bits per heavy atom. The topological polar surface area (TPSA) is 34.1 Å². The monoisotopic (exact) mass is 326 g/mol. The zero-order valence-corrected chi connectivity index (χ0v) is 13.3. The van der Waals surface area contributed by atoms with E-state index in [1.54, 1.807) is 0 Å². The van der Waals surface area contributed by atoms with E-state index >= 15 is 0 Å². The molecule has 0 spiro atoms. The summed E-state index contributed by atoms with van der Waals surface area (Å²) in [5.74, 6) is 1.22. The van der Waals surface area contributed by atoms with E-state index in [-0.39, 0.29) is 6.10 Å². The van der Waals surface area contributed by atoms with Crippen molar-refractivity contribution in [1.82, 2.24) is 10.3 Å². The number of aromatic nitrogens is 1. The summed E-state index contributed by atoms with van der Waals surface area (Å²) >= 11 is 3.43. The first-order valence-corrected chi connectivity index (χ1v) is 7.90. The second-order valence-electron chi connectivity index (χ2n) is 5.65. The van der Waals surface area contributed by atoms with Gasteiger partial charge in [-0.25, -0.2) is 0 Å². The average Bonchev–Trinajstić information content (AvgIpc) is 2.40. The fourth-order valence-corrected chi connectivity index (χ4v) is 2.73. The van der Waals surface area contributed by atoms with Gasteiger partial charge >= 0.3 is 0 Å². The van der Waals surface area contributed by atoms with Crippen LogP contribution in [0.5, 0.6) is 0 Å². The van der Waals surface area contributed by atoms with Gasteiger partial charge in [-0.3, -0.25) is 4.98 Å². The van der Waals surface area contributed by atoms with E-state index in [2.05, 4.69) is 46.1 Å². The van der Waals surface area contributed by atoms with Crippen LogP contribution in [0.3, 0.4) is 0 Å².